The van der Waals surface area contributed by atoms with E-state index in [1.54, 1.807) is 48.2 Å². The van der Waals surface area contributed by atoms with Gasteiger partial charge in [0.05, 0.1) is 33.6 Å². The van der Waals surface area contributed by atoms with Gasteiger partial charge in [0, 0.05) is 18.0 Å². The van der Waals surface area contributed by atoms with Gasteiger partial charge in [0.15, 0.2) is 0 Å². The number of nitrogens with zero attached hydrogens (tertiary/aromatic N) is 2. The second-order valence-electron chi connectivity index (χ2n) is 9.03. The summed E-state index contributed by atoms with van der Waals surface area (Å²) in [5.41, 5.74) is 3.01. The maximum absolute atomic E-state index is 14.1. The molecule has 9 heteroatoms. The fourth-order valence-electron chi connectivity index (χ4n) is 4.85. The van der Waals surface area contributed by atoms with E-state index in [1.807, 2.05) is 32.0 Å². The first-order chi connectivity index (χ1) is 17.7. The topological polar surface area (TPSA) is 85.7 Å². The summed E-state index contributed by atoms with van der Waals surface area (Å²) < 4.78 is 34.7. The molecule has 0 saturated carbocycles. The number of hydrogen-bond acceptors (Lipinski definition) is 5. The zero-order chi connectivity index (χ0) is 26.7. The number of benzene rings is 2. The number of carbonyl (C=O) groups is 2. The number of halogens is 1. The van der Waals surface area contributed by atoms with Gasteiger partial charge < -0.3 is 9.64 Å². The first-order valence-electron chi connectivity index (χ1n) is 12.4. The number of aryl methyl sites for hydroxylation is 1. The molecule has 2 aromatic carbocycles. The molecule has 0 aliphatic carbocycles. The number of esters is 1. The Labute approximate surface area is 226 Å². The second kappa shape index (κ2) is 11.2. The number of hydrogen-bond donors (Lipinski definition) is 0. The van der Waals surface area contributed by atoms with Crippen LogP contribution in [-0.2, 0) is 30.8 Å². The molecule has 1 amide bonds. The Bertz CT molecular complexity index is 1440. The lowest BCUT2D eigenvalue weighted by Gasteiger charge is -2.37. The van der Waals surface area contributed by atoms with E-state index in [0.29, 0.717) is 30.6 Å². The first kappa shape index (κ1) is 27.1. The normalized spacial score (nSPS) is 16.6. The molecule has 0 radical (unpaired) electrons. The predicted molar refractivity (Wildman–Crippen MR) is 147 cm³/mol. The van der Waals surface area contributed by atoms with Crippen LogP contribution in [0.25, 0.3) is 10.9 Å². The van der Waals surface area contributed by atoms with Crippen molar-refractivity contribution in [2.75, 3.05) is 13.2 Å². The molecule has 3 aromatic rings. The molecular weight excluding hydrogens is 556 g/mol. The number of amides is 1. The predicted octanol–water partition coefficient (Wildman–Crippen LogP) is 5.30. The quantitative estimate of drug-likeness (QED) is 0.203. The molecule has 196 valence electrons. The zero-order valence-electron chi connectivity index (χ0n) is 21.2. The molecule has 2 atom stereocenters. The molecule has 7 nitrogen and oxygen atoms in total. The van der Waals surface area contributed by atoms with Gasteiger partial charge in [-0.05, 0) is 56.9 Å². The van der Waals surface area contributed by atoms with Gasteiger partial charge >= 0.3 is 5.97 Å². The van der Waals surface area contributed by atoms with E-state index in [1.165, 1.54) is 10.0 Å². The second-order valence-corrected chi connectivity index (χ2v) is 11.9. The number of carbonyl (C=O) groups excluding carboxylic acids is 2. The summed E-state index contributed by atoms with van der Waals surface area (Å²) in [5, 5.41) is 0.852. The minimum absolute atomic E-state index is 0.104. The van der Waals surface area contributed by atoms with Gasteiger partial charge in [-0.3, -0.25) is 4.79 Å². The highest BCUT2D eigenvalue weighted by atomic mass is 79.9. The van der Waals surface area contributed by atoms with Crippen LogP contribution in [0, 0.1) is 6.92 Å². The summed E-state index contributed by atoms with van der Waals surface area (Å²) in [6.07, 6.45) is 4.39. The summed E-state index contributed by atoms with van der Waals surface area (Å²) >= 11 is 3.48. The Kier molecular flexibility index (Phi) is 8.23. The summed E-state index contributed by atoms with van der Waals surface area (Å²) in [4.78, 5) is 26.9. The number of ether oxygens (including phenoxy) is 1. The van der Waals surface area contributed by atoms with Gasteiger partial charge in [0.1, 0.15) is 0 Å². The molecule has 0 saturated heterocycles. The SMILES string of the molecule is CCOC(=O)/C=C/C[C@@H]1c2c(c3ccccc3n2S(=O)(=O)c2ccc(C)cc2)CCN1C(=O)C(Br)CC. The monoisotopic (exact) mass is 586 g/mol. The number of rotatable bonds is 8. The Morgan fingerprint density at radius 3 is 2.51 bits per heavy atom. The van der Waals surface area contributed by atoms with Crippen LogP contribution >= 0.6 is 15.9 Å². The van der Waals surface area contributed by atoms with Crippen LogP contribution in [0.3, 0.4) is 0 Å². The lowest BCUT2D eigenvalue weighted by Crippen LogP contribution is -2.44. The van der Waals surface area contributed by atoms with Crippen molar-refractivity contribution in [3.63, 3.8) is 0 Å². The number of fused-ring (bicyclic) bond motifs is 3. The Hall–Kier alpha value is -2.91. The lowest BCUT2D eigenvalue weighted by atomic mass is 9.94. The Morgan fingerprint density at radius 2 is 1.84 bits per heavy atom. The van der Waals surface area contributed by atoms with Crippen LogP contribution in [0.2, 0.25) is 0 Å². The fourth-order valence-corrected chi connectivity index (χ4v) is 6.71. The first-order valence-corrected chi connectivity index (χ1v) is 14.8. The average Bonchev–Trinajstić information content (AvgIpc) is 3.24. The van der Waals surface area contributed by atoms with Crippen LogP contribution < -0.4 is 0 Å². The highest BCUT2D eigenvalue weighted by molar-refractivity contribution is 9.10. The lowest BCUT2D eigenvalue weighted by molar-refractivity contribution is -0.137. The van der Waals surface area contributed by atoms with Crippen LogP contribution in [-0.4, -0.2) is 47.1 Å². The van der Waals surface area contributed by atoms with Crippen molar-refractivity contribution in [1.82, 2.24) is 8.87 Å². The molecule has 1 aliphatic rings. The van der Waals surface area contributed by atoms with Crippen molar-refractivity contribution in [2.24, 2.45) is 0 Å². The molecule has 4 rings (SSSR count). The molecule has 0 spiro atoms. The van der Waals surface area contributed by atoms with Crippen molar-refractivity contribution in [3.8, 4) is 0 Å². The molecular formula is C28H31BrN2O5S. The van der Waals surface area contributed by atoms with Gasteiger partial charge in [-0.1, -0.05) is 64.8 Å². The smallest absolute Gasteiger partial charge is 0.330 e. The van der Waals surface area contributed by atoms with Crippen LogP contribution in [0.4, 0.5) is 0 Å². The molecule has 1 aliphatic heterocycles. The van der Waals surface area contributed by atoms with Gasteiger partial charge in [-0.15, -0.1) is 0 Å². The Balaban J connectivity index is 1.94. The minimum atomic E-state index is -3.99. The molecule has 1 unspecified atom stereocenters. The maximum atomic E-state index is 14.1. The summed E-state index contributed by atoms with van der Waals surface area (Å²) in [6, 6.07) is 13.6. The van der Waals surface area contributed by atoms with E-state index < -0.39 is 26.9 Å². The Morgan fingerprint density at radius 1 is 1.14 bits per heavy atom. The van der Waals surface area contributed by atoms with Crippen molar-refractivity contribution >= 4 is 48.7 Å². The third kappa shape index (κ3) is 5.25. The highest BCUT2D eigenvalue weighted by Crippen LogP contribution is 2.41. The van der Waals surface area contributed by atoms with E-state index >= 15 is 0 Å². The fraction of sp³-hybridized carbons (Fsp3) is 0.357. The summed E-state index contributed by atoms with van der Waals surface area (Å²) in [7, 11) is -3.99. The van der Waals surface area contributed by atoms with E-state index in [2.05, 4.69) is 15.9 Å². The minimum Gasteiger partial charge on any atom is -0.463 e. The van der Waals surface area contributed by atoms with Crippen LogP contribution in [0.1, 0.15) is 49.6 Å². The van der Waals surface area contributed by atoms with Gasteiger partial charge in [-0.25, -0.2) is 17.2 Å². The summed E-state index contributed by atoms with van der Waals surface area (Å²) in [5.74, 6) is -0.580. The van der Waals surface area contributed by atoms with Crippen LogP contribution in [0.5, 0.6) is 0 Å². The molecule has 0 bridgehead atoms. The third-order valence-electron chi connectivity index (χ3n) is 6.64. The van der Waals surface area contributed by atoms with E-state index in [9.17, 15) is 18.0 Å². The van der Waals surface area contributed by atoms with Gasteiger partial charge in [0.2, 0.25) is 5.91 Å². The van der Waals surface area contributed by atoms with Crippen molar-refractivity contribution < 1.29 is 22.7 Å². The van der Waals surface area contributed by atoms with E-state index in [4.69, 9.17) is 4.74 Å². The molecule has 0 N–H and O–H groups in total. The number of aromatic nitrogens is 1. The maximum Gasteiger partial charge on any atom is 0.330 e. The summed E-state index contributed by atoms with van der Waals surface area (Å²) in [6.45, 7) is 6.26. The number of alkyl halides is 1. The molecule has 0 fully saturated rings. The largest absolute Gasteiger partial charge is 0.463 e. The average molecular weight is 588 g/mol. The van der Waals surface area contributed by atoms with Gasteiger partial charge in [0.25, 0.3) is 10.0 Å². The van der Waals surface area contributed by atoms with Crippen LogP contribution in [0.15, 0.2) is 65.6 Å². The van der Waals surface area contributed by atoms with Crippen molar-refractivity contribution in [1.29, 1.82) is 0 Å². The van der Waals surface area contributed by atoms with Gasteiger partial charge in [-0.2, -0.15) is 0 Å². The highest BCUT2D eigenvalue weighted by Gasteiger charge is 2.39. The van der Waals surface area contributed by atoms with E-state index in [0.717, 1.165) is 16.5 Å². The van der Waals surface area contributed by atoms with Crippen molar-refractivity contribution in [3.05, 3.63) is 77.5 Å². The molecule has 1 aromatic heterocycles. The van der Waals surface area contributed by atoms with E-state index in [-0.39, 0.29) is 23.8 Å². The third-order valence-corrected chi connectivity index (χ3v) is 9.42. The zero-order valence-corrected chi connectivity index (χ0v) is 23.6. The molecule has 2 heterocycles. The standard InChI is InChI=1S/C28H31BrN2O5S/c1-4-23(29)28(33)30-18-17-22-21-9-6-7-10-24(21)31(37(34,35)20-15-13-19(3)14-16-20)27(22)25(30)11-8-12-26(32)36-5-2/h6-10,12-16,23,25H,4-5,11,17-18H2,1-3H3/b12-8+/t23?,25-/m1/s1. The van der Waals surface area contributed by atoms with Crippen molar-refractivity contribution in [2.45, 2.75) is 55.8 Å². The number of para-hydroxylation sites is 1. The molecule has 37 heavy (non-hydrogen) atoms.